The van der Waals surface area contributed by atoms with Gasteiger partial charge in [0.25, 0.3) is 0 Å². The first-order valence-corrected chi connectivity index (χ1v) is 6.41. The first kappa shape index (κ1) is 11.9. The Morgan fingerprint density at radius 1 is 1.21 bits per heavy atom. The molecule has 1 atom stereocenters. The maximum absolute atomic E-state index is 5.91. The monoisotopic (exact) mass is 252 g/mol. The zero-order valence-electron chi connectivity index (χ0n) is 10.8. The molecule has 0 fully saturated rings. The summed E-state index contributed by atoms with van der Waals surface area (Å²) in [6.45, 7) is 0. The highest BCUT2D eigenvalue weighted by molar-refractivity contribution is 5.77. The minimum Gasteiger partial charge on any atom is -0.459 e. The van der Waals surface area contributed by atoms with Crippen LogP contribution in [0.15, 0.2) is 59.3 Å². The number of rotatable bonds is 4. The number of benzene rings is 1. The number of likely N-dealkylation sites (N-methyl/N-ethyl adjacent to an activating group) is 1. The van der Waals surface area contributed by atoms with Gasteiger partial charge >= 0.3 is 0 Å². The van der Waals surface area contributed by atoms with Crippen LogP contribution in [0, 0.1) is 0 Å². The number of nitrogens with zero attached hydrogens (tertiary/aromatic N) is 1. The maximum atomic E-state index is 5.91. The summed E-state index contributed by atoms with van der Waals surface area (Å²) in [6, 6.07) is 14.4. The molecule has 96 valence electrons. The van der Waals surface area contributed by atoms with Crippen molar-refractivity contribution in [3.05, 3.63) is 66.2 Å². The van der Waals surface area contributed by atoms with Crippen LogP contribution in [0.2, 0.25) is 0 Å². The van der Waals surface area contributed by atoms with Crippen molar-refractivity contribution in [1.82, 2.24) is 10.3 Å². The van der Waals surface area contributed by atoms with E-state index in [0.29, 0.717) is 0 Å². The van der Waals surface area contributed by atoms with Crippen molar-refractivity contribution in [3.8, 4) is 0 Å². The van der Waals surface area contributed by atoms with Crippen molar-refractivity contribution in [3.63, 3.8) is 0 Å². The van der Waals surface area contributed by atoms with E-state index in [1.807, 2.05) is 37.5 Å². The van der Waals surface area contributed by atoms with Gasteiger partial charge in [0.2, 0.25) is 0 Å². The molecular weight excluding hydrogens is 236 g/mol. The fourth-order valence-electron chi connectivity index (χ4n) is 2.27. The lowest BCUT2D eigenvalue weighted by molar-refractivity contribution is 0.450. The fraction of sp³-hybridized carbons (Fsp3) is 0.188. The van der Waals surface area contributed by atoms with Crippen LogP contribution in [0.4, 0.5) is 0 Å². The lowest BCUT2D eigenvalue weighted by Gasteiger charge is -2.13. The predicted molar refractivity (Wildman–Crippen MR) is 76.0 cm³/mol. The van der Waals surface area contributed by atoms with E-state index in [4.69, 9.17) is 4.42 Å². The molecule has 3 nitrogen and oxygen atoms in total. The highest BCUT2D eigenvalue weighted by Gasteiger charge is 2.15. The Morgan fingerprint density at radius 2 is 2.11 bits per heavy atom. The summed E-state index contributed by atoms with van der Waals surface area (Å²) in [5.41, 5.74) is 2.13. The maximum Gasteiger partial charge on any atom is 0.134 e. The quantitative estimate of drug-likeness (QED) is 0.774. The van der Waals surface area contributed by atoms with E-state index in [1.54, 1.807) is 6.20 Å². The van der Waals surface area contributed by atoms with E-state index < -0.39 is 0 Å². The van der Waals surface area contributed by atoms with Gasteiger partial charge in [0, 0.05) is 17.8 Å². The molecule has 0 aliphatic rings. The van der Waals surface area contributed by atoms with Gasteiger partial charge < -0.3 is 9.73 Å². The third kappa shape index (κ3) is 2.51. The minimum atomic E-state index is 0.164. The van der Waals surface area contributed by atoms with Gasteiger partial charge in [-0.15, -0.1) is 0 Å². The minimum absolute atomic E-state index is 0.164. The topological polar surface area (TPSA) is 38.1 Å². The molecule has 3 heteroatoms. The summed E-state index contributed by atoms with van der Waals surface area (Å²) in [7, 11) is 1.95. The lowest BCUT2D eigenvalue weighted by Crippen LogP contribution is -2.18. The van der Waals surface area contributed by atoms with E-state index in [0.717, 1.165) is 23.2 Å². The standard InChI is InChI=1S/C16H16N2O/c1-17-14(9-12-5-4-8-18-11-12)16-10-13-6-2-3-7-15(13)19-16/h2-8,10-11,14,17H,9H2,1H3. The number of nitrogens with one attached hydrogen (secondary N) is 1. The Kier molecular flexibility index (Phi) is 3.29. The second kappa shape index (κ2) is 5.24. The Labute approximate surface area is 112 Å². The van der Waals surface area contributed by atoms with Crippen LogP contribution in [0.25, 0.3) is 11.0 Å². The molecule has 2 heterocycles. The Morgan fingerprint density at radius 3 is 2.84 bits per heavy atom. The highest BCUT2D eigenvalue weighted by Crippen LogP contribution is 2.25. The number of aromatic nitrogens is 1. The predicted octanol–water partition coefficient (Wildman–Crippen LogP) is 3.33. The van der Waals surface area contributed by atoms with Gasteiger partial charge in [0.05, 0.1) is 6.04 Å². The van der Waals surface area contributed by atoms with Crippen LogP contribution in [0.3, 0.4) is 0 Å². The highest BCUT2D eigenvalue weighted by atomic mass is 16.3. The van der Waals surface area contributed by atoms with E-state index in [9.17, 15) is 0 Å². The van der Waals surface area contributed by atoms with Gasteiger partial charge in [-0.1, -0.05) is 24.3 Å². The molecule has 3 rings (SSSR count). The zero-order valence-corrected chi connectivity index (χ0v) is 10.8. The molecule has 1 aromatic carbocycles. The fourth-order valence-corrected chi connectivity index (χ4v) is 2.27. The summed E-state index contributed by atoms with van der Waals surface area (Å²) in [4.78, 5) is 4.15. The lowest BCUT2D eigenvalue weighted by atomic mass is 10.1. The van der Waals surface area contributed by atoms with Crippen LogP contribution in [-0.2, 0) is 6.42 Å². The van der Waals surface area contributed by atoms with Crippen molar-refractivity contribution in [1.29, 1.82) is 0 Å². The molecule has 3 aromatic rings. The first-order chi connectivity index (χ1) is 9.36. The summed E-state index contributed by atoms with van der Waals surface area (Å²) in [5, 5.41) is 4.45. The summed E-state index contributed by atoms with van der Waals surface area (Å²) in [5.74, 6) is 0.965. The molecule has 1 N–H and O–H groups in total. The Bertz CT molecular complexity index is 628. The SMILES string of the molecule is CNC(Cc1cccnc1)c1cc2ccccc2o1. The van der Waals surface area contributed by atoms with Crippen molar-refractivity contribution in [2.45, 2.75) is 12.5 Å². The van der Waals surface area contributed by atoms with E-state index in [2.05, 4.69) is 28.5 Å². The van der Waals surface area contributed by atoms with Crippen molar-refractivity contribution in [2.24, 2.45) is 0 Å². The normalized spacial score (nSPS) is 12.7. The van der Waals surface area contributed by atoms with Gasteiger partial charge in [-0.3, -0.25) is 4.98 Å². The molecule has 0 amide bonds. The Hall–Kier alpha value is -2.13. The smallest absolute Gasteiger partial charge is 0.134 e. The van der Waals surface area contributed by atoms with Crippen molar-refractivity contribution >= 4 is 11.0 Å². The molecule has 2 aromatic heterocycles. The van der Waals surface area contributed by atoms with E-state index >= 15 is 0 Å². The third-order valence-electron chi connectivity index (χ3n) is 3.30. The van der Waals surface area contributed by atoms with Gasteiger partial charge in [0.15, 0.2) is 0 Å². The van der Waals surface area contributed by atoms with Crippen LogP contribution in [0.5, 0.6) is 0 Å². The largest absolute Gasteiger partial charge is 0.459 e. The molecule has 0 saturated carbocycles. The number of pyridine rings is 1. The summed E-state index contributed by atoms with van der Waals surface area (Å²) in [6.07, 6.45) is 4.55. The molecule has 19 heavy (non-hydrogen) atoms. The second-order valence-electron chi connectivity index (χ2n) is 4.59. The molecule has 0 aliphatic heterocycles. The average molecular weight is 252 g/mol. The van der Waals surface area contributed by atoms with Gasteiger partial charge in [0.1, 0.15) is 11.3 Å². The zero-order chi connectivity index (χ0) is 13.1. The molecule has 0 bridgehead atoms. The number of fused-ring (bicyclic) bond motifs is 1. The van der Waals surface area contributed by atoms with Crippen LogP contribution >= 0.6 is 0 Å². The van der Waals surface area contributed by atoms with Crippen molar-refractivity contribution < 1.29 is 4.42 Å². The number of furan rings is 1. The number of hydrogen-bond donors (Lipinski definition) is 1. The molecular formula is C16H16N2O. The molecule has 0 aliphatic carbocycles. The molecule has 0 spiro atoms. The van der Waals surface area contributed by atoms with Crippen molar-refractivity contribution in [2.75, 3.05) is 7.05 Å². The van der Waals surface area contributed by atoms with Crippen LogP contribution in [0.1, 0.15) is 17.4 Å². The van der Waals surface area contributed by atoms with Gasteiger partial charge in [-0.2, -0.15) is 0 Å². The number of para-hydroxylation sites is 1. The first-order valence-electron chi connectivity index (χ1n) is 6.41. The summed E-state index contributed by atoms with van der Waals surface area (Å²) >= 11 is 0. The number of hydrogen-bond acceptors (Lipinski definition) is 3. The Balaban J connectivity index is 1.89. The van der Waals surface area contributed by atoms with Crippen LogP contribution in [-0.4, -0.2) is 12.0 Å². The van der Waals surface area contributed by atoms with E-state index in [1.165, 1.54) is 5.56 Å². The van der Waals surface area contributed by atoms with Gasteiger partial charge in [-0.05, 0) is 37.2 Å². The molecule has 0 saturated heterocycles. The third-order valence-corrected chi connectivity index (χ3v) is 3.30. The summed E-state index contributed by atoms with van der Waals surface area (Å²) < 4.78 is 5.91. The van der Waals surface area contributed by atoms with Crippen LogP contribution < -0.4 is 5.32 Å². The van der Waals surface area contributed by atoms with E-state index in [-0.39, 0.29) is 6.04 Å². The van der Waals surface area contributed by atoms with Gasteiger partial charge in [-0.25, -0.2) is 0 Å². The second-order valence-corrected chi connectivity index (χ2v) is 4.59. The average Bonchev–Trinajstić information content (AvgIpc) is 2.89. The molecule has 0 radical (unpaired) electrons. The molecule has 1 unspecified atom stereocenters.